The molecule has 178 valence electrons. The highest BCUT2D eigenvalue weighted by Gasteiger charge is 2.39. The molecule has 2 saturated carbocycles. The van der Waals surface area contributed by atoms with Gasteiger partial charge in [-0.1, -0.05) is 44.7 Å². The van der Waals surface area contributed by atoms with Gasteiger partial charge >= 0.3 is 6.09 Å². The fraction of sp³-hybridized carbons (Fsp3) is 0.625. The maximum Gasteiger partial charge on any atom is 0.404 e. The Hall–Kier alpha value is -1.60. The quantitative estimate of drug-likeness (QED) is 0.361. The first-order valence-electron chi connectivity index (χ1n) is 11.2. The molecule has 0 heterocycles. The van der Waals surface area contributed by atoms with Gasteiger partial charge in [0.05, 0.1) is 17.2 Å². The summed E-state index contributed by atoms with van der Waals surface area (Å²) >= 11 is 7.98. The summed E-state index contributed by atoms with van der Waals surface area (Å²) in [6, 6.07) is 5.23. The SMILES string of the molecule is O=C(O)NCCSCCCOc1ccc(Cl)c(C(=O)NCC23CCCC(CCC2)C3)c1.[CH2]. The molecule has 1 aromatic rings. The molecule has 0 unspecified atom stereocenters. The van der Waals surface area contributed by atoms with Crippen LogP contribution in [0.1, 0.15) is 61.7 Å². The number of hydrogen-bond acceptors (Lipinski definition) is 4. The van der Waals surface area contributed by atoms with Crippen molar-refractivity contribution in [1.29, 1.82) is 0 Å². The standard InChI is InChI=1S/C23H33ClN2O4S.CH2/c24-20-7-6-18(30-11-3-12-31-13-10-25-22(28)29)14-19(20)21(27)26-16-23-8-1-4-17(15-23)5-2-9-23;/h6-7,14,17,25H,1-5,8-13,15-16H2,(H,26,27)(H,28,29);1H2. The predicted octanol–water partition coefficient (Wildman–Crippen LogP) is 5.53. The summed E-state index contributed by atoms with van der Waals surface area (Å²) in [6.07, 6.45) is 8.76. The molecule has 3 rings (SSSR count). The fourth-order valence-electron chi connectivity index (χ4n) is 4.88. The first-order chi connectivity index (χ1) is 15.0. The number of ether oxygens (including phenoxy) is 1. The van der Waals surface area contributed by atoms with Gasteiger partial charge in [-0.05, 0) is 61.0 Å². The van der Waals surface area contributed by atoms with Crippen LogP contribution in [0.2, 0.25) is 5.02 Å². The maximum atomic E-state index is 12.8. The first kappa shape index (κ1) is 26.7. The maximum absolute atomic E-state index is 12.8. The molecule has 2 radical (unpaired) electrons. The minimum Gasteiger partial charge on any atom is -0.494 e. The Kier molecular flexibility index (Phi) is 11.0. The minimum atomic E-state index is -0.993. The van der Waals surface area contributed by atoms with Crippen LogP contribution >= 0.6 is 23.4 Å². The van der Waals surface area contributed by atoms with Crippen LogP contribution in [0.3, 0.4) is 0 Å². The number of benzene rings is 1. The summed E-state index contributed by atoms with van der Waals surface area (Å²) in [7, 11) is 0. The zero-order valence-corrected chi connectivity index (χ0v) is 20.2. The minimum absolute atomic E-state index is 0. The summed E-state index contributed by atoms with van der Waals surface area (Å²) < 4.78 is 5.79. The van der Waals surface area contributed by atoms with Crippen molar-refractivity contribution in [1.82, 2.24) is 10.6 Å². The van der Waals surface area contributed by atoms with Crippen molar-refractivity contribution in [2.75, 3.05) is 31.2 Å². The van der Waals surface area contributed by atoms with E-state index in [-0.39, 0.29) is 18.7 Å². The van der Waals surface area contributed by atoms with Crippen molar-refractivity contribution in [3.05, 3.63) is 36.2 Å². The van der Waals surface area contributed by atoms with Crippen molar-refractivity contribution in [3.63, 3.8) is 0 Å². The van der Waals surface area contributed by atoms with E-state index >= 15 is 0 Å². The van der Waals surface area contributed by atoms with Crippen LogP contribution < -0.4 is 15.4 Å². The molecule has 2 aliphatic rings. The number of rotatable bonds is 11. The average Bonchev–Trinajstić information content (AvgIpc) is 2.75. The van der Waals surface area contributed by atoms with Crippen molar-refractivity contribution >= 4 is 35.4 Å². The number of amides is 2. The van der Waals surface area contributed by atoms with Crippen LogP contribution in [0.15, 0.2) is 18.2 Å². The van der Waals surface area contributed by atoms with E-state index in [1.165, 1.54) is 44.9 Å². The summed E-state index contributed by atoms with van der Waals surface area (Å²) in [6.45, 7) is 1.71. The Morgan fingerprint density at radius 1 is 1.19 bits per heavy atom. The average molecular weight is 483 g/mol. The van der Waals surface area contributed by atoms with Crippen LogP contribution in [0, 0.1) is 18.8 Å². The topological polar surface area (TPSA) is 87.7 Å². The van der Waals surface area contributed by atoms with Crippen molar-refractivity contribution in [3.8, 4) is 5.75 Å². The second kappa shape index (κ2) is 13.2. The molecule has 0 spiro atoms. The molecule has 6 nitrogen and oxygen atoms in total. The number of fused-ring (bicyclic) bond motifs is 2. The van der Waals surface area contributed by atoms with Crippen LogP contribution in [-0.4, -0.2) is 48.3 Å². The Labute approximate surface area is 201 Å². The number of thioether (sulfide) groups is 1. The Morgan fingerprint density at radius 3 is 2.66 bits per heavy atom. The van der Waals surface area contributed by atoms with Crippen molar-refractivity contribution in [2.45, 2.75) is 51.4 Å². The molecule has 3 N–H and O–H groups in total. The normalized spacial score (nSPS) is 21.8. The second-order valence-electron chi connectivity index (χ2n) is 8.73. The predicted molar refractivity (Wildman–Crippen MR) is 131 cm³/mol. The molecule has 2 amide bonds. The Morgan fingerprint density at radius 2 is 1.94 bits per heavy atom. The van der Waals surface area contributed by atoms with E-state index < -0.39 is 6.09 Å². The van der Waals surface area contributed by atoms with Crippen molar-refractivity contribution < 1.29 is 19.4 Å². The first-order valence-corrected chi connectivity index (χ1v) is 12.8. The molecular formula is C24H35ClN2O4S. The van der Waals surface area contributed by atoms with E-state index in [4.69, 9.17) is 21.4 Å². The lowest BCUT2D eigenvalue weighted by atomic mass is 9.62. The molecule has 2 fully saturated rings. The van der Waals surface area contributed by atoms with Gasteiger partial charge in [-0.15, -0.1) is 0 Å². The van der Waals surface area contributed by atoms with Crippen LogP contribution in [0.5, 0.6) is 5.75 Å². The number of carboxylic acid groups (broad SMARTS) is 1. The number of halogens is 1. The second-order valence-corrected chi connectivity index (χ2v) is 10.4. The molecule has 2 bridgehead atoms. The summed E-state index contributed by atoms with van der Waals surface area (Å²) in [5, 5.41) is 14.5. The van der Waals surface area contributed by atoms with Gasteiger partial charge in [-0.25, -0.2) is 4.79 Å². The molecular weight excluding hydrogens is 448 g/mol. The molecule has 2 aliphatic carbocycles. The third-order valence-corrected chi connectivity index (χ3v) is 7.79. The lowest BCUT2D eigenvalue weighted by molar-refractivity contribution is 0.0681. The van der Waals surface area contributed by atoms with Gasteiger partial charge in [0.1, 0.15) is 5.75 Å². The zero-order valence-electron chi connectivity index (χ0n) is 18.7. The van der Waals surface area contributed by atoms with Gasteiger partial charge in [-0.3, -0.25) is 4.79 Å². The summed E-state index contributed by atoms with van der Waals surface area (Å²) in [4.78, 5) is 23.2. The van der Waals surface area contributed by atoms with E-state index in [9.17, 15) is 9.59 Å². The van der Waals surface area contributed by atoms with E-state index in [1.54, 1.807) is 30.0 Å². The molecule has 0 aliphatic heterocycles. The molecule has 1 aromatic carbocycles. The molecule has 8 heteroatoms. The highest BCUT2D eigenvalue weighted by molar-refractivity contribution is 7.99. The number of hydrogen-bond donors (Lipinski definition) is 3. The zero-order chi connectivity index (χ0) is 22.1. The van der Waals surface area contributed by atoms with Gasteiger partial charge in [0, 0.05) is 18.8 Å². The summed E-state index contributed by atoms with van der Waals surface area (Å²) in [5.41, 5.74) is 0.738. The molecule has 32 heavy (non-hydrogen) atoms. The molecule has 0 atom stereocenters. The van der Waals surface area contributed by atoms with Gasteiger partial charge in [-0.2, -0.15) is 11.8 Å². The number of carbonyl (C=O) groups is 2. The van der Waals surface area contributed by atoms with Crippen molar-refractivity contribution in [2.24, 2.45) is 11.3 Å². The lowest BCUT2D eigenvalue weighted by Gasteiger charge is -2.45. The van der Waals surface area contributed by atoms with E-state index in [0.717, 1.165) is 30.4 Å². The largest absolute Gasteiger partial charge is 0.494 e. The molecule has 0 aromatic heterocycles. The van der Waals surface area contributed by atoms with Gasteiger partial charge in [0.2, 0.25) is 0 Å². The number of nitrogens with one attached hydrogen (secondary N) is 2. The van der Waals surface area contributed by atoms with E-state index in [2.05, 4.69) is 10.6 Å². The smallest absolute Gasteiger partial charge is 0.404 e. The number of carbonyl (C=O) groups excluding carboxylic acids is 1. The van der Waals surface area contributed by atoms with Gasteiger partial charge in [0.25, 0.3) is 5.91 Å². The van der Waals surface area contributed by atoms with E-state index in [1.807, 2.05) is 0 Å². The lowest BCUT2D eigenvalue weighted by Crippen LogP contribution is -2.43. The fourth-order valence-corrected chi connectivity index (χ4v) is 5.86. The highest BCUT2D eigenvalue weighted by atomic mass is 35.5. The van der Waals surface area contributed by atoms with Crippen LogP contribution in [0.25, 0.3) is 0 Å². The van der Waals surface area contributed by atoms with Crippen LogP contribution in [-0.2, 0) is 0 Å². The van der Waals surface area contributed by atoms with Gasteiger partial charge < -0.3 is 20.5 Å². The van der Waals surface area contributed by atoms with Crippen LogP contribution in [0.4, 0.5) is 4.79 Å². The molecule has 0 saturated heterocycles. The third kappa shape index (κ3) is 8.07. The third-order valence-electron chi connectivity index (χ3n) is 6.39. The van der Waals surface area contributed by atoms with E-state index in [0.29, 0.717) is 29.5 Å². The monoisotopic (exact) mass is 482 g/mol. The highest BCUT2D eigenvalue weighted by Crippen LogP contribution is 2.48. The Bertz CT molecular complexity index is 752. The Balaban J connectivity index is 0.00000363. The van der Waals surface area contributed by atoms with Gasteiger partial charge in [0.15, 0.2) is 0 Å². The summed E-state index contributed by atoms with van der Waals surface area (Å²) in [5.74, 6) is 2.97.